The number of rotatable bonds is 6. The van der Waals surface area contributed by atoms with Crippen LogP contribution in [-0.4, -0.2) is 15.0 Å². The molecule has 4 heterocycles. The van der Waals surface area contributed by atoms with Gasteiger partial charge in [0.1, 0.15) is 11.3 Å². The van der Waals surface area contributed by atoms with Crippen molar-refractivity contribution in [3.63, 3.8) is 0 Å². The van der Waals surface area contributed by atoms with Crippen LogP contribution in [0.3, 0.4) is 0 Å². The van der Waals surface area contributed by atoms with E-state index in [9.17, 15) is 0 Å². The molecule has 8 aromatic carbocycles. The predicted molar refractivity (Wildman–Crippen MR) is 250 cm³/mol. The molecule has 0 atom stereocenters. The molecule has 12 rings (SSSR count). The van der Waals surface area contributed by atoms with Gasteiger partial charge in [-0.3, -0.25) is 0 Å². The number of nitrogens with zero attached hydrogens (tertiary/aromatic N) is 3. The van der Waals surface area contributed by atoms with Gasteiger partial charge in [0.05, 0.1) is 16.9 Å². The fraction of sp³-hybridized carbons (Fsp3) is 0. The zero-order valence-electron chi connectivity index (χ0n) is 32.2. The molecule has 60 heavy (non-hydrogen) atoms. The van der Waals surface area contributed by atoms with Gasteiger partial charge in [-0.25, -0.2) is 15.0 Å². The number of furan rings is 1. The summed E-state index contributed by atoms with van der Waals surface area (Å²) in [5, 5.41) is 5.77. The fourth-order valence-electron chi connectivity index (χ4n) is 8.57. The molecule has 12 aromatic rings. The highest BCUT2D eigenvalue weighted by atomic mass is 32.1. The van der Waals surface area contributed by atoms with Gasteiger partial charge in [0.2, 0.25) is 0 Å². The summed E-state index contributed by atoms with van der Waals surface area (Å²) < 4.78 is 9.28. The van der Waals surface area contributed by atoms with Crippen molar-refractivity contribution in [1.29, 1.82) is 0 Å². The zero-order valence-corrected chi connectivity index (χ0v) is 33.0. The van der Waals surface area contributed by atoms with Gasteiger partial charge in [-0.2, -0.15) is 0 Å². The highest BCUT2D eigenvalue weighted by Gasteiger charge is 2.20. The molecule has 0 bridgehead atoms. The van der Waals surface area contributed by atoms with E-state index in [2.05, 4.69) is 164 Å². The lowest BCUT2D eigenvalue weighted by Gasteiger charge is -2.12. The number of thiophene rings is 1. The minimum atomic E-state index is 0.672. The summed E-state index contributed by atoms with van der Waals surface area (Å²) in [5.41, 5.74) is 13.6. The summed E-state index contributed by atoms with van der Waals surface area (Å²) in [5.74, 6) is 0.672. The highest BCUT2D eigenvalue weighted by molar-refractivity contribution is 7.26. The second-order valence-electron chi connectivity index (χ2n) is 15.1. The van der Waals surface area contributed by atoms with E-state index < -0.39 is 0 Å². The minimum absolute atomic E-state index is 0.672. The highest BCUT2D eigenvalue weighted by Crippen LogP contribution is 2.44. The van der Waals surface area contributed by atoms with Crippen molar-refractivity contribution in [2.24, 2.45) is 0 Å². The molecule has 0 aliphatic rings. The summed E-state index contributed by atoms with van der Waals surface area (Å²) in [6, 6.07) is 70.1. The average Bonchev–Trinajstić information content (AvgIpc) is 3.91. The zero-order chi connectivity index (χ0) is 39.6. The van der Waals surface area contributed by atoms with Crippen molar-refractivity contribution >= 4 is 64.4 Å². The maximum atomic E-state index is 6.71. The van der Waals surface area contributed by atoms with Crippen LogP contribution in [0.5, 0.6) is 0 Å². The Kier molecular flexibility index (Phi) is 8.00. The van der Waals surface area contributed by atoms with Gasteiger partial charge in [0.25, 0.3) is 0 Å². The molecule has 0 spiro atoms. The third-order valence-electron chi connectivity index (χ3n) is 11.5. The Labute approximate surface area is 349 Å². The van der Waals surface area contributed by atoms with Crippen LogP contribution >= 0.6 is 11.3 Å². The van der Waals surface area contributed by atoms with E-state index in [1.807, 2.05) is 47.7 Å². The van der Waals surface area contributed by atoms with E-state index >= 15 is 0 Å². The number of para-hydroxylation sites is 1. The molecule has 280 valence electrons. The first-order valence-electron chi connectivity index (χ1n) is 20.1. The number of aromatic nitrogens is 3. The first-order chi connectivity index (χ1) is 29.7. The summed E-state index contributed by atoms with van der Waals surface area (Å²) in [6.45, 7) is 0. The molecular formula is C55H33N3OS. The van der Waals surface area contributed by atoms with E-state index in [0.29, 0.717) is 5.82 Å². The molecule has 0 amide bonds. The Balaban J connectivity index is 1.02. The maximum absolute atomic E-state index is 6.71. The largest absolute Gasteiger partial charge is 0.454 e. The number of hydrogen-bond donors (Lipinski definition) is 0. The standard InChI is InChI=1S/C55H33N3OS/c1-3-13-34(14-4-1)35-25-27-36(28-26-35)46-33-47(58-55(57-46)37-15-5-2-6-16-37)39-17-11-18-40(31-39)52-53-51(45-20-7-9-23-49(45)59-53)44-30-29-38(32-48(44)56-52)41-21-12-22-43-42-19-8-10-24-50(42)60-54(41)43/h1-33H. The van der Waals surface area contributed by atoms with Crippen LogP contribution < -0.4 is 0 Å². The molecule has 0 saturated heterocycles. The molecule has 0 radical (unpaired) electrons. The Morgan fingerprint density at radius 3 is 1.83 bits per heavy atom. The summed E-state index contributed by atoms with van der Waals surface area (Å²) in [6.07, 6.45) is 0. The molecular weight excluding hydrogens is 751 g/mol. The van der Waals surface area contributed by atoms with E-state index in [4.69, 9.17) is 19.4 Å². The Morgan fingerprint density at radius 2 is 1.00 bits per heavy atom. The smallest absolute Gasteiger partial charge is 0.162 e. The second-order valence-corrected chi connectivity index (χ2v) is 16.2. The summed E-state index contributed by atoms with van der Waals surface area (Å²) in [4.78, 5) is 15.7. The van der Waals surface area contributed by atoms with Gasteiger partial charge in [0.15, 0.2) is 11.4 Å². The molecule has 0 aliphatic heterocycles. The quantitative estimate of drug-likeness (QED) is 0.169. The minimum Gasteiger partial charge on any atom is -0.454 e. The molecule has 5 heteroatoms. The second kappa shape index (κ2) is 14.0. The third kappa shape index (κ3) is 5.78. The molecule has 0 aliphatic carbocycles. The van der Waals surface area contributed by atoms with Crippen molar-refractivity contribution < 1.29 is 4.42 Å². The van der Waals surface area contributed by atoms with Gasteiger partial charge in [0, 0.05) is 58.6 Å². The molecule has 0 N–H and O–H groups in total. The van der Waals surface area contributed by atoms with Crippen LogP contribution in [0.15, 0.2) is 205 Å². The average molecular weight is 784 g/mol. The van der Waals surface area contributed by atoms with E-state index in [1.54, 1.807) is 0 Å². The molecule has 4 aromatic heterocycles. The molecule has 0 fully saturated rings. The van der Waals surface area contributed by atoms with Crippen LogP contribution in [0, 0.1) is 0 Å². The lowest BCUT2D eigenvalue weighted by Crippen LogP contribution is -1.96. The van der Waals surface area contributed by atoms with Crippen molar-refractivity contribution in [1.82, 2.24) is 15.0 Å². The van der Waals surface area contributed by atoms with Crippen LogP contribution in [0.2, 0.25) is 0 Å². The van der Waals surface area contributed by atoms with Crippen LogP contribution in [0.25, 0.3) is 120 Å². The lowest BCUT2D eigenvalue weighted by atomic mass is 9.97. The molecule has 0 unspecified atom stereocenters. The third-order valence-corrected chi connectivity index (χ3v) is 12.7. The van der Waals surface area contributed by atoms with E-state index in [1.165, 1.54) is 31.3 Å². The number of pyridine rings is 1. The van der Waals surface area contributed by atoms with Gasteiger partial charge in [-0.1, -0.05) is 170 Å². The Hall–Kier alpha value is -7.73. The SMILES string of the molecule is c1ccc(-c2ccc(-c3cc(-c4cccc(-c5nc6cc(-c7cccc8c7sc7ccccc78)ccc6c6c5oc5ccccc56)c4)nc(-c4ccccc4)n3)cc2)cc1. The van der Waals surface area contributed by atoms with Crippen molar-refractivity contribution in [2.75, 3.05) is 0 Å². The van der Waals surface area contributed by atoms with Gasteiger partial charge >= 0.3 is 0 Å². The van der Waals surface area contributed by atoms with Crippen molar-refractivity contribution in [3.05, 3.63) is 200 Å². The van der Waals surface area contributed by atoms with Crippen molar-refractivity contribution in [2.45, 2.75) is 0 Å². The normalized spacial score (nSPS) is 11.7. The first-order valence-corrected chi connectivity index (χ1v) is 20.9. The number of hydrogen-bond acceptors (Lipinski definition) is 5. The molecule has 4 nitrogen and oxygen atoms in total. The van der Waals surface area contributed by atoms with Crippen molar-refractivity contribution in [3.8, 4) is 67.4 Å². The molecule has 0 saturated carbocycles. The van der Waals surface area contributed by atoms with Crippen LogP contribution in [0.1, 0.15) is 0 Å². The fourth-order valence-corrected chi connectivity index (χ4v) is 9.81. The maximum Gasteiger partial charge on any atom is 0.162 e. The van der Waals surface area contributed by atoms with Gasteiger partial charge < -0.3 is 4.42 Å². The lowest BCUT2D eigenvalue weighted by molar-refractivity contribution is 0.669. The Morgan fingerprint density at radius 1 is 0.383 bits per heavy atom. The number of fused-ring (bicyclic) bond motifs is 8. The van der Waals surface area contributed by atoms with Gasteiger partial charge in [-0.15, -0.1) is 11.3 Å². The number of benzene rings is 8. The summed E-state index contributed by atoms with van der Waals surface area (Å²) >= 11 is 1.85. The van der Waals surface area contributed by atoms with Crippen LogP contribution in [0.4, 0.5) is 0 Å². The van der Waals surface area contributed by atoms with Crippen LogP contribution in [-0.2, 0) is 0 Å². The summed E-state index contributed by atoms with van der Waals surface area (Å²) in [7, 11) is 0. The Bertz CT molecular complexity index is 3590. The van der Waals surface area contributed by atoms with Gasteiger partial charge in [-0.05, 0) is 52.6 Å². The monoisotopic (exact) mass is 783 g/mol. The predicted octanol–water partition coefficient (Wildman–Crippen LogP) is 15.3. The van der Waals surface area contributed by atoms with E-state index in [0.717, 1.165) is 83.3 Å². The first kappa shape index (κ1) is 34.3. The topological polar surface area (TPSA) is 51.8 Å². The van der Waals surface area contributed by atoms with E-state index in [-0.39, 0.29) is 0 Å².